The van der Waals surface area contributed by atoms with E-state index in [0.29, 0.717) is 5.82 Å². The van der Waals surface area contributed by atoms with Gasteiger partial charge in [0, 0.05) is 38.1 Å². The zero-order valence-corrected chi connectivity index (χ0v) is 13.2. The molecular formula is C16H23N5. The van der Waals surface area contributed by atoms with E-state index >= 15 is 0 Å². The van der Waals surface area contributed by atoms with Crippen molar-refractivity contribution in [2.45, 2.75) is 13.3 Å². The molecule has 0 spiro atoms. The van der Waals surface area contributed by atoms with E-state index < -0.39 is 0 Å². The molecule has 112 valence electrons. The van der Waals surface area contributed by atoms with Crippen molar-refractivity contribution in [3.8, 4) is 11.5 Å². The highest BCUT2D eigenvalue weighted by molar-refractivity contribution is 5.53. The average Bonchev–Trinajstić information content (AvgIpc) is 2.52. The Kier molecular flexibility index (Phi) is 5.22. The molecule has 2 aromatic rings. The Labute approximate surface area is 126 Å². The van der Waals surface area contributed by atoms with Crippen LogP contribution >= 0.6 is 0 Å². The van der Waals surface area contributed by atoms with Gasteiger partial charge in [0.2, 0.25) is 0 Å². The zero-order valence-electron chi connectivity index (χ0n) is 13.2. The summed E-state index contributed by atoms with van der Waals surface area (Å²) in [6, 6.07) is 7.86. The minimum Gasteiger partial charge on any atom is -0.358 e. The highest BCUT2D eigenvalue weighted by Crippen LogP contribution is 2.18. The van der Waals surface area contributed by atoms with Gasteiger partial charge in [0.1, 0.15) is 11.5 Å². The molecule has 0 saturated heterocycles. The Balaban J connectivity index is 2.29. The summed E-state index contributed by atoms with van der Waals surface area (Å²) in [4.78, 5) is 17.9. The first-order valence-electron chi connectivity index (χ1n) is 7.25. The molecule has 0 aliphatic heterocycles. The van der Waals surface area contributed by atoms with Crippen molar-refractivity contribution >= 4 is 5.82 Å². The number of rotatable bonds is 6. The second-order valence-corrected chi connectivity index (χ2v) is 5.33. The molecule has 0 aliphatic rings. The third kappa shape index (κ3) is 4.23. The van der Waals surface area contributed by atoms with Crippen LogP contribution in [0, 0.1) is 0 Å². The Morgan fingerprint density at radius 2 is 1.86 bits per heavy atom. The maximum absolute atomic E-state index is 4.66. The van der Waals surface area contributed by atoms with Crippen LogP contribution in [0.15, 0.2) is 30.5 Å². The summed E-state index contributed by atoms with van der Waals surface area (Å²) in [6.45, 7) is 4.02. The van der Waals surface area contributed by atoms with Gasteiger partial charge in [0.25, 0.3) is 0 Å². The summed E-state index contributed by atoms with van der Waals surface area (Å²) < 4.78 is 0. The Hall–Kier alpha value is -2.01. The maximum atomic E-state index is 4.66. The smallest absolute Gasteiger partial charge is 0.180 e. The van der Waals surface area contributed by atoms with Crippen LogP contribution < -0.4 is 4.90 Å². The van der Waals surface area contributed by atoms with Crippen molar-refractivity contribution < 1.29 is 0 Å². The second kappa shape index (κ2) is 7.13. The van der Waals surface area contributed by atoms with E-state index in [1.54, 1.807) is 6.20 Å². The Morgan fingerprint density at radius 3 is 2.48 bits per heavy atom. The molecule has 0 atom stereocenters. The first kappa shape index (κ1) is 15.4. The second-order valence-electron chi connectivity index (χ2n) is 5.33. The number of aryl methyl sites for hydroxylation is 1. The lowest BCUT2D eigenvalue weighted by Gasteiger charge is -2.21. The van der Waals surface area contributed by atoms with Crippen LogP contribution in [0.4, 0.5) is 5.82 Å². The van der Waals surface area contributed by atoms with Gasteiger partial charge in [-0.05, 0) is 32.6 Å². The fourth-order valence-corrected chi connectivity index (χ4v) is 1.93. The number of hydrogen-bond acceptors (Lipinski definition) is 5. The van der Waals surface area contributed by atoms with E-state index in [1.165, 1.54) is 0 Å². The zero-order chi connectivity index (χ0) is 15.2. The highest BCUT2D eigenvalue weighted by Gasteiger charge is 2.10. The Bertz CT molecular complexity index is 568. The maximum Gasteiger partial charge on any atom is 0.180 e. The van der Waals surface area contributed by atoms with Gasteiger partial charge in [-0.25, -0.2) is 9.97 Å². The normalized spacial score (nSPS) is 10.9. The lowest BCUT2D eigenvalue weighted by molar-refractivity contribution is 0.416. The molecule has 21 heavy (non-hydrogen) atoms. The van der Waals surface area contributed by atoms with Crippen LogP contribution in [0.3, 0.4) is 0 Å². The van der Waals surface area contributed by atoms with Gasteiger partial charge >= 0.3 is 0 Å². The lowest BCUT2D eigenvalue weighted by atomic mass is 10.2. The average molecular weight is 285 g/mol. The van der Waals surface area contributed by atoms with E-state index in [9.17, 15) is 0 Å². The standard InChI is InChI=1S/C16H23N5/c1-5-13-12-15(21(4)11-10-20(2)3)19-16(18-13)14-8-6-7-9-17-14/h6-9,12H,5,10-11H2,1-4H3. The van der Waals surface area contributed by atoms with Crippen molar-refractivity contribution in [3.05, 3.63) is 36.2 Å². The molecule has 0 N–H and O–H groups in total. The van der Waals surface area contributed by atoms with Gasteiger partial charge < -0.3 is 9.80 Å². The van der Waals surface area contributed by atoms with Crippen molar-refractivity contribution in [1.82, 2.24) is 19.9 Å². The first-order chi connectivity index (χ1) is 10.1. The lowest BCUT2D eigenvalue weighted by Crippen LogP contribution is -2.29. The van der Waals surface area contributed by atoms with Crippen molar-refractivity contribution in [2.75, 3.05) is 39.1 Å². The molecule has 2 heterocycles. The highest BCUT2D eigenvalue weighted by atomic mass is 15.2. The van der Waals surface area contributed by atoms with Crippen molar-refractivity contribution in [3.63, 3.8) is 0 Å². The minimum absolute atomic E-state index is 0.696. The quantitative estimate of drug-likeness (QED) is 0.813. The molecule has 2 rings (SSSR count). The first-order valence-corrected chi connectivity index (χ1v) is 7.25. The van der Waals surface area contributed by atoms with E-state index in [0.717, 1.165) is 36.7 Å². The van der Waals surface area contributed by atoms with E-state index in [4.69, 9.17) is 0 Å². The fraction of sp³-hybridized carbons (Fsp3) is 0.438. The Morgan fingerprint density at radius 1 is 1.05 bits per heavy atom. The molecule has 2 aromatic heterocycles. The predicted molar refractivity (Wildman–Crippen MR) is 86.5 cm³/mol. The van der Waals surface area contributed by atoms with Crippen LogP contribution in [0.25, 0.3) is 11.5 Å². The molecule has 0 aromatic carbocycles. The SMILES string of the molecule is CCc1cc(N(C)CCN(C)C)nc(-c2ccccn2)n1. The van der Waals surface area contributed by atoms with Gasteiger partial charge in [-0.1, -0.05) is 13.0 Å². The van der Waals surface area contributed by atoms with Crippen LogP contribution in [0.5, 0.6) is 0 Å². The van der Waals surface area contributed by atoms with Crippen molar-refractivity contribution in [2.24, 2.45) is 0 Å². The largest absolute Gasteiger partial charge is 0.358 e. The molecule has 0 unspecified atom stereocenters. The number of hydrogen-bond donors (Lipinski definition) is 0. The summed E-state index contributed by atoms with van der Waals surface area (Å²) in [5, 5.41) is 0. The predicted octanol–water partition coefficient (Wildman–Crippen LogP) is 2.10. The number of nitrogens with zero attached hydrogens (tertiary/aromatic N) is 5. The third-order valence-electron chi connectivity index (χ3n) is 3.30. The third-order valence-corrected chi connectivity index (χ3v) is 3.30. The summed E-state index contributed by atoms with van der Waals surface area (Å²) in [7, 11) is 6.21. The number of aromatic nitrogens is 3. The molecule has 5 nitrogen and oxygen atoms in total. The molecule has 0 bridgehead atoms. The molecule has 5 heteroatoms. The van der Waals surface area contributed by atoms with Crippen LogP contribution in [-0.2, 0) is 6.42 Å². The minimum atomic E-state index is 0.696. The van der Waals surface area contributed by atoms with Gasteiger partial charge in [-0.15, -0.1) is 0 Å². The number of anilines is 1. The summed E-state index contributed by atoms with van der Waals surface area (Å²) in [5.74, 6) is 1.64. The van der Waals surface area contributed by atoms with Crippen LogP contribution in [0.1, 0.15) is 12.6 Å². The topological polar surface area (TPSA) is 45.2 Å². The van der Waals surface area contributed by atoms with Gasteiger partial charge in [-0.2, -0.15) is 0 Å². The number of likely N-dealkylation sites (N-methyl/N-ethyl adjacent to an activating group) is 2. The molecular weight excluding hydrogens is 262 g/mol. The van der Waals surface area contributed by atoms with Gasteiger partial charge in [-0.3, -0.25) is 4.98 Å². The van der Waals surface area contributed by atoms with E-state index in [1.807, 2.05) is 18.2 Å². The molecule has 0 radical (unpaired) electrons. The van der Waals surface area contributed by atoms with Gasteiger partial charge in [0.15, 0.2) is 5.82 Å². The fourth-order valence-electron chi connectivity index (χ4n) is 1.93. The van der Waals surface area contributed by atoms with Crippen LogP contribution in [-0.4, -0.2) is 54.1 Å². The summed E-state index contributed by atoms with van der Waals surface area (Å²) in [6.07, 6.45) is 2.66. The number of pyridine rings is 1. The van der Waals surface area contributed by atoms with E-state index in [-0.39, 0.29) is 0 Å². The summed E-state index contributed by atoms with van der Waals surface area (Å²) in [5.41, 5.74) is 1.85. The molecule has 0 fully saturated rings. The van der Waals surface area contributed by atoms with Crippen molar-refractivity contribution in [1.29, 1.82) is 0 Å². The summed E-state index contributed by atoms with van der Waals surface area (Å²) >= 11 is 0. The molecule has 0 amide bonds. The molecule has 0 saturated carbocycles. The monoisotopic (exact) mass is 285 g/mol. The van der Waals surface area contributed by atoms with Gasteiger partial charge in [0.05, 0.1) is 0 Å². The van der Waals surface area contributed by atoms with E-state index in [2.05, 4.69) is 58.9 Å². The van der Waals surface area contributed by atoms with Crippen LogP contribution in [0.2, 0.25) is 0 Å². The molecule has 0 aliphatic carbocycles.